The van der Waals surface area contributed by atoms with Crippen LogP contribution in [0, 0.1) is 5.82 Å². The van der Waals surface area contributed by atoms with Gasteiger partial charge in [0.2, 0.25) is 0 Å². The van der Waals surface area contributed by atoms with Crippen molar-refractivity contribution in [2.24, 2.45) is 5.73 Å². The Kier molecular flexibility index (Phi) is 5.19. The smallest absolute Gasteiger partial charge is 0.126 e. The number of halogens is 2. The van der Waals surface area contributed by atoms with Crippen molar-refractivity contribution >= 4 is 11.6 Å². The van der Waals surface area contributed by atoms with Gasteiger partial charge in [-0.1, -0.05) is 11.6 Å². The zero-order chi connectivity index (χ0) is 12.1. The van der Waals surface area contributed by atoms with Crippen LogP contribution in [0.3, 0.4) is 0 Å². The fraction of sp³-hybridized carbons (Fsp3) is 0.500. The molecule has 1 aromatic rings. The van der Waals surface area contributed by atoms with Gasteiger partial charge in [-0.3, -0.25) is 0 Å². The molecule has 1 rings (SSSR count). The lowest BCUT2D eigenvalue weighted by molar-refractivity contribution is 0.319. The largest absolute Gasteiger partial charge is 0.327 e. The predicted octanol–water partition coefficient (Wildman–Crippen LogP) is 2.30. The van der Waals surface area contributed by atoms with E-state index in [9.17, 15) is 4.39 Å². The van der Waals surface area contributed by atoms with Crippen molar-refractivity contribution in [3.63, 3.8) is 0 Å². The molecule has 1 aromatic carbocycles. The van der Waals surface area contributed by atoms with E-state index in [2.05, 4.69) is 4.90 Å². The molecule has 1 atom stereocenters. The summed E-state index contributed by atoms with van der Waals surface area (Å²) < 4.78 is 13.4. The van der Waals surface area contributed by atoms with Gasteiger partial charge in [-0.05, 0) is 44.2 Å². The number of benzene rings is 1. The molecule has 4 heteroatoms. The first-order valence-corrected chi connectivity index (χ1v) is 5.75. The third-order valence-electron chi connectivity index (χ3n) is 2.37. The highest BCUT2D eigenvalue weighted by Crippen LogP contribution is 2.15. The normalized spacial score (nSPS) is 13.1. The number of hydrogen-bond acceptors (Lipinski definition) is 2. The summed E-state index contributed by atoms with van der Waals surface area (Å²) in [5.74, 6) is -0.196. The molecule has 0 amide bonds. The van der Waals surface area contributed by atoms with E-state index in [1.165, 1.54) is 6.07 Å². The Bertz CT molecular complexity index is 342. The molecular weight excluding hydrogens is 227 g/mol. The first kappa shape index (κ1) is 13.4. The van der Waals surface area contributed by atoms with Crippen LogP contribution in [0.25, 0.3) is 0 Å². The number of nitrogens with two attached hydrogens (primary N) is 1. The highest BCUT2D eigenvalue weighted by atomic mass is 35.5. The van der Waals surface area contributed by atoms with Gasteiger partial charge in [0.1, 0.15) is 5.82 Å². The molecule has 0 aliphatic heterocycles. The van der Waals surface area contributed by atoms with Crippen molar-refractivity contribution in [3.8, 4) is 0 Å². The molecule has 1 unspecified atom stereocenters. The molecule has 0 saturated heterocycles. The van der Waals surface area contributed by atoms with Crippen LogP contribution in [0.5, 0.6) is 0 Å². The monoisotopic (exact) mass is 244 g/mol. The van der Waals surface area contributed by atoms with Gasteiger partial charge in [0.05, 0.1) is 0 Å². The van der Waals surface area contributed by atoms with E-state index in [-0.39, 0.29) is 11.9 Å². The topological polar surface area (TPSA) is 29.3 Å². The maximum atomic E-state index is 13.4. The van der Waals surface area contributed by atoms with Gasteiger partial charge in [0.15, 0.2) is 0 Å². The number of likely N-dealkylation sites (N-methyl/N-ethyl adjacent to an activating group) is 1. The lowest BCUT2D eigenvalue weighted by Crippen LogP contribution is -2.34. The Morgan fingerprint density at radius 1 is 1.50 bits per heavy atom. The van der Waals surface area contributed by atoms with Crippen LogP contribution in [0.4, 0.5) is 4.39 Å². The lowest BCUT2D eigenvalue weighted by atomic mass is 10.1. The summed E-state index contributed by atoms with van der Waals surface area (Å²) in [5, 5.41) is 0.575. The first-order valence-electron chi connectivity index (χ1n) is 5.37. The van der Waals surface area contributed by atoms with Gasteiger partial charge < -0.3 is 10.6 Å². The summed E-state index contributed by atoms with van der Waals surface area (Å²) in [7, 11) is 1.98. The molecule has 0 radical (unpaired) electrons. The van der Waals surface area contributed by atoms with Crippen LogP contribution in [0.15, 0.2) is 18.2 Å². The molecule has 0 aliphatic carbocycles. The van der Waals surface area contributed by atoms with Crippen LogP contribution in [-0.4, -0.2) is 31.1 Å². The van der Waals surface area contributed by atoms with Crippen LogP contribution in [-0.2, 0) is 6.42 Å². The molecule has 16 heavy (non-hydrogen) atoms. The van der Waals surface area contributed by atoms with Gasteiger partial charge in [0, 0.05) is 24.2 Å². The van der Waals surface area contributed by atoms with Gasteiger partial charge in [-0.2, -0.15) is 0 Å². The second-order valence-electron chi connectivity index (χ2n) is 4.23. The molecule has 0 aromatic heterocycles. The van der Waals surface area contributed by atoms with Gasteiger partial charge >= 0.3 is 0 Å². The second-order valence-corrected chi connectivity index (χ2v) is 4.66. The maximum Gasteiger partial charge on any atom is 0.126 e. The van der Waals surface area contributed by atoms with E-state index in [4.69, 9.17) is 17.3 Å². The van der Waals surface area contributed by atoms with Crippen LogP contribution >= 0.6 is 11.6 Å². The Morgan fingerprint density at radius 2 is 2.19 bits per heavy atom. The average molecular weight is 245 g/mol. The maximum absolute atomic E-state index is 13.4. The summed E-state index contributed by atoms with van der Waals surface area (Å²) in [5.41, 5.74) is 6.34. The second kappa shape index (κ2) is 6.18. The molecule has 90 valence electrons. The SMILES string of the molecule is CC(N)CN(C)CCc1cc(Cl)ccc1F. The van der Waals surface area contributed by atoms with Crippen LogP contribution in [0.1, 0.15) is 12.5 Å². The fourth-order valence-corrected chi connectivity index (χ4v) is 1.82. The number of nitrogens with zero attached hydrogens (tertiary/aromatic N) is 1. The predicted molar refractivity (Wildman–Crippen MR) is 66.3 cm³/mol. The summed E-state index contributed by atoms with van der Waals surface area (Å²) in [6, 6.07) is 4.78. The highest BCUT2D eigenvalue weighted by Gasteiger charge is 2.06. The first-order chi connectivity index (χ1) is 7.49. The molecule has 0 saturated carbocycles. The Balaban J connectivity index is 2.51. The third-order valence-corrected chi connectivity index (χ3v) is 2.61. The number of hydrogen-bond donors (Lipinski definition) is 1. The Morgan fingerprint density at radius 3 is 2.81 bits per heavy atom. The molecule has 0 fully saturated rings. The van der Waals surface area contributed by atoms with Crippen molar-refractivity contribution in [2.75, 3.05) is 20.1 Å². The molecule has 0 aliphatic rings. The highest BCUT2D eigenvalue weighted by molar-refractivity contribution is 6.30. The third kappa shape index (κ3) is 4.47. The number of rotatable bonds is 5. The zero-order valence-corrected chi connectivity index (χ0v) is 10.5. The Hall–Kier alpha value is -0.640. The molecule has 0 spiro atoms. The zero-order valence-electron chi connectivity index (χ0n) is 9.71. The van der Waals surface area contributed by atoms with Gasteiger partial charge in [-0.15, -0.1) is 0 Å². The van der Waals surface area contributed by atoms with Crippen molar-refractivity contribution < 1.29 is 4.39 Å². The summed E-state index contributed by atoms with van der Waals surface area (Å²) in [4.78, 5) is 2.09. The fourth-order valence-electron chi connectivity index (χ4n) is 1.63. The molecular formula is C12H18ClFN2. The van der Waals surface area contributed by atoms with E-state index < -0.39 is 0 Å². The molecule has 0 heterocycles. The van der Waals surface area contributed by atoms with Gasteiger partial charge in [0.25, 0.3) is 0 Å². The van der Waals surface area contributed by atoms with E-state index in [0.717, 1.165) is 13.1 Å². The van der Waals surface area contributed by atoms with E-state index in [1.807, 2.05) is 14.0 Å². The van der Waals surface area contributed by atoms with Crippen LogP contribution < -0.4 is 5.73 Å². The van der Waals surface area contributed by atoms with Crippen LogP contribution in [0.2, 0.25) is 5.02 Å². The minimum absolute atomic E-state index is 0.134. The lowest BCUT2D eigenvalue weighted by Gasteiger charge is -2.18. The van der Waals surface area contributed by atoms with E-state index in [1.54, 1.807) is 12.1 Å². The standard InChI is InChI=1S/C12H18ClFN2/c1-9(15)8-16(2)6-5-10-7-11(13)3-4-12(10)14/h3-4,7,9H,5-6,8,15H2,1-2H3. The molecule has 2 N–H and O–H groups in total. The summed E-state index contributed by atoms with van der Waals surface area (Å²) in [6.45, 7) is 3.54. The minimum atomic E-state index is -0.196. The van der Waals surface area contributed by atoms with E-state index >= 15 is 0 Å². The van der Waals surface area contributed by atoms with Crippen molar-refractivity contribution in [1.82, 2.24) is 4.90 Å². The Labute approximate surface area is 101 Å². The summed E-state index contributed by atoms with van der Waals surface area (Å²) in [6.07, 6.45) is 0.648. The molecule has 0 bridgehead atoms. The van der Waals surface area contributed by atoms with E-state index in [0.29, 0.717) is 17.0 Å². The van der Waals surface area contributed by atoms with Gasteiger partial charge in [-0.25, -0.2) is 4.39 Å². The minimum Gasteiger partial charge on any atom is -0.327 e. The average Bonchev–Trinajstić information content (AvgIpc) is 2.18. The quantitative estimate of drug-likeness (QED) is 0.861. The molecule has 2 nitrogen and oxygen atoms in total. The summed E-state index contributed by atoms with van der Waals surface area (Å²) >= 11 is 5.82. The van der Waals surface area contributed by atoms with Crippen molar-refractivity contribution in [2.45, 2.75) is 19.4 Å². The van der Waals surface area contributed by atoms with Crippen molar-refractivity contribution in [3.05, 3.63) is 34.6 Å². The van der Waals surface area contributed by atoms with Crippen molar-refractivity contribution in [1.29, 1.82) is 0 Å².